The normalized spacial score (nSPS) is 26.7. The maximum Gasteiger partial charge on any atom is 0.313 e. The Kier molecular flexibility index (Phi) is 4.58. The van der Waals surface area contributed by atoms with Crippen LogP contribution >= 0.6 is 0 Å². The number of halogens is 1. The van der Waals surface area contributed by atoms with Crippen molar-refractivity contribution in [2.75, 3.05) is 18.4 Å². The molecule has 2 fully saturated rings. The topological polar surface area (TPSA) is 73.5 Å². The Bertz CT molecular complexity index is 603. The molecule has 2 aliphatic heterocycles. The van der Waals surface area contributed by atoms with Gasteiger partial charge in [-0.05, 0) is 31.0 Å². The van der Waals surface area contributed by atoms with E-state index in [2.05, 4.69) is 23.1 Å². The minimum absolute atomic E-state index is 0.286. The number of piperidine rings is 1. The summed E-state index contributed by atoms with van der Waals surface area (Å²) in [6.07, 6.45) is 1.78. The van der Waals surface area contributed by atoms with Crippen molar-refractivity contribution in [1.82, 2.24) is 15.8 Å². The van der Waals surface area contributed by atoms with Crippen molar-refractivity contribution in [3.8, 4) is 0 Å². The Balaban J connectivity index is 1.62. The number of hydrogen-bond donors (Lipinski definition) is 3. The predicted molar refractivity (Wildman–Crippen MR) is 83.9 cm³/mol. The molecule has 2 amide bonds. The Morgan fingerprint density at radius 1 is 1.39 bits per heavy atom. The second kappa shape index (κ2) is 6.64. The molecular weight excluding hydrogens is 299 g/mol. The molecule has 0 aliphatic carbocycles. The van der Waals surface area contributed by atoms with Crippen molar-refractivity contribution in [3.63, 3.8) is 0 Å². The van der Waals surface area contributed by atoms with Gasteiger partial charge in [-0.3, -0.25) is 20.4 Å². The van der Waals surface area contributed by atoms with Crippen LogP contribution in [-0.2, 0) is 9.59 Å². The van der Waals surface area contributed by atoms with E-state index in [4.69, 9.17) is 0 Å². The molecule has 2 saturated heterocycles. The number of carbonyl (C=O) groups excluding carboxylic acids is 2. The fraction of sp³-hybridized carbons (Fsp3) is 0.500. The van der Waals surface area contributed by atoms with Crippen LogP contribution in [-0.4, -0.2) is 41.9 Å². The van der Waals surface area contributed by atoms with E-state index in [9.17, 15) is 14.0 Å². The number of carbonyl (C=O) groups is 2. The standard InChI is InChI=1S/C16H21FN4O2/c1-2-13-12-9-21(7-6-14(12)20-19-13)16(23)15(22)18-11-5-3-4-10(17)8-11/h3-5,8,12-14,19-20H,2,6-7,9H2,1H3,(H,18,22). The van der Waals surface area contributed by atoms with Crippen LogP contribution in [0.25, 0.3) is 0 Å². The number of nitrogens with zero attached hydrogens (tertiary/aromatic N) is 1. The molecule has 0 aromatic heterocycles. The quantitative estimate of drug-likeness (QED) is 0.707. The van der Waals surface area contributed by atoms with Gasteiger partial charge in [0.1, 0.15) is 5.82 Å². The molecular formula is C16H21FN4O2. The van der Waals surface area contributed by atoms with Gasteiger partial charge in [0.15, 0.2) is 0 Å². The van der Waals surface area contributed by atoms with Crippen LogP contribution in [0.3, 0.4) is 0 Å². The van der Waals surface area contributed by atoms with E-state index in [1.165, 1.54) is 18.2 Å². The average molecular weight is 320 g/mol. The summed E-state index contributed by atoms with van der Waals surface area (Å²) in [7, 11) is 0. The number of likely N-dealkylation sites (tertiary alicyclic amines) is 1. The smallest absolute Gasteiger partial charge is 0.313 e. The molecule has 3 atom stereocenters. The molecule has 3 rings (SSSR count). The van der Waals surface area contributed by atoms with Gasteiger partial charge in [0.25, 0.3) is 0 Å². The van der Waals surface area contributed by atoms with Gasteiger partial charge >= 0.3 is 11.8 Å². The lowest BCUT2D eigenvalue weighted by atomic mass is 9.87. The number of amides is 2. The summed E-state index contributed by atoms with van der Waals surface area (Å²) in [4.78, 5) is 26.1. The van der Waals surface area contributed by atoms with Gasteiger partial charge < -0.3 is 10.2 Å². The molecule has 124 valence electrons. The Hall–Kier alpha value is -1.99. The zero-order valence-corrected chi connectivity index (χ0v) is 13.0. The first-order valence-corrected chi connectivity index (χ1v) is 7.95. The van der Waals surface area contributed by atoms with E-state index < -0.39 is 17.6 Å². The van der Waals surface area contributed by atoms with Crippen LogP contribution in [0.15, 0.2) is 24.3 Å². The maximum atomic E-state index is 13.1. The highest BCUT2D eigenvalue weighted by Crippen LogP contribution is 2.25. The Morgan fingerprint density at radius 3 is 2.96 bits per heavy atom. The molecule has 0 spiro atoms. The number of fused-ring (bicyclic) bond motifs is 1. The van der Waals surface area contributed by atoms with E-state index >= 15 is 0 Å². The van der Waals surface area contributed by atoms with Crippen LogP contribution in [0.5, 0.6) is 0 Å². The number of hydrogen-bond acceptors (Lipinski definition) is 4. The van der Waals surface area contributed by atoms with Gasteiger partial charge in [0, 0.05) is 36.8 Å². The molecule has 0 bridgehead atoms. The zero-order valence-electron chi connectivity index (χ0n) is 13.0. The molecule has 7 heteroatoms. The zero-order chi connectivity index (χ0) is 16.4. The number of nitrogens with one attached hydrogen (secondary N) is 3. The van der Waals surface area contributed by atoms with E-state index in [0.717, 1.165) is 12.8 Å². The van der Waals surface area contributed by atoms with Crippen LogP contribution in [0.1, 0.15) is 19.8 Å². The number of hydrazine groups is 1. The Labute approximate surface area is 134 Å². The molecule has 1 aromatic carbocycles. The molecule has 23 heavy (non-hydrogen) atoms. The predicted octanol–water partition coefficient (Wildman–Crippen LogP) is 0.868. The number of anilines is 1. The van der Waals surface area contributed by atoms with E-state index in [1.807, 2.05) is 0 Å². The molecule has 2 aliphatic rings. The van der Waals surface area contributed by atoms with Crippen LogP contribution in [0.2, 0.25) is 0 Å². The molecule has 1 aromatic rings. The van der Waals surface area contributed by atoms with Crippen molar-refractivity contribution in [3.05, 3.63) is 30.1 Å². The van der Waals surface area contributed by atoms with Crippen LogP contribution < -0.4 is 16.2 Å². The summed E-state index contributed by atoms with van der Waals surface area (Å²) in [5, 5.41) is 2.46. The largest absolute Gasteiger partial charge is 0.334 e. The highest BCUT2D eigenvalue weighted by molar-refractivity contribution is 6.39. The van der Waals surface area contributed by atoms with Gasteiger partial charge in [-0.2, -0.15) is 0 Å². The van der Waals surface area contributed by atoms with Gasteiger partial charge in [0.2, 0.25) is 0 Å². The third-order valence-electron chi connectivity index (χ3n) is 4.63. The van der Waals surface area contributed by atoms with Crippen LogP contribution in [0.4, 0.5) is 10.1 Å². The number of benzene rings is 1. The third kappa shape index (κ3) is 3.35. The summed E-state index contributed by atoms with van der Waals surface area (Å²) < 4.78 is 13.1. The summed E-state index contributed by atoms with van der Waals surface area (Å²) in [5.74, 6) is -1.43. The first-order chi connectivity index (χ1) is 11.1. The number of rotatable bonds is 2. The van der Waals surface area contributed by atoms with E-state index in [0.29, 0.717) is 31.1 Å². The summed E-state index contributed by atoms with van der Waals surface area (Å²) in [6.45, 7) is 3.19. The van der Waals surface area contributed by atoms with Gasteiger partial charge in [-0.1, -0.05) is 13.0 Å². The van der Waals surface area contributed by atoms with Crippen molar-refractivity contribution < 1.29 is 14.0 Å². The first kappa shape index (κ1) is 15.9. The highest BCUT2D eigenvalue weighted by Gasteiger charge is 2.40. The van der Waals surface area contributed by atoms with Crippen molar-refractivity contribution in [1.29, 1.82) is 0 Å². The minimum atomic E-state index is -0.721. The lowest BCUT2D eigenvalue weighted by molar-refractivity contribution is -0.144. The average Bonchev–Trinajstić information content (AvgIpc) is 2.96. The van der Waals surface area contributed by atoms with Gasteiger partial charge in [-0.15, -0.1) is 0 Å². The van der Waals surface area contributed by atoms with Crippen molar-refractivity contribution in [2.24, 2.45) is 5.92 Å². The summed E-state index contributed by atoms with van der Waals surface area (Å²) in [5.41, 5.74) is 6.80. The molecule has 3 N–H and O–H groups in total. The Morgan fingerprint density at radius 2 is 2.22 bits per heavy atom. The molecule has 2 heterocycles. The third-order valence-corrected chi connectivity index (χ3v) is 4.63. The monoisotopic (exact) mass is 320 g/mol. The van der Waals surface area contributed by atoms with Crippen molar-refractivity contribution >= 4 is 17.5 Å². The fourth-order valence-electron chi connectivity index (χ4n) is 3.37. The van der Waals surface area contributed by atoms with E-state index in [1.54, 1.807) is 11.0 Å². The second-order valence-electron chi connectivity index (χ2n) is 6.08. The minimum Gasteiger partial charge on any atom is -0.334 e. The lowest BCUT2D eigenvalue weighted by Gasteiger charge is -2.35. The molecule has 0 saturated carbocycles. The summed E-state index contributed by atoms with van der Waals surface area (Å²) >= 11 is 0. The van der Waals surface area contributed by atoms with E-state index in [-0.39, 0.29) is 5.69 Å². The van der Waals surface area contributed by atoms with Gasteiger partial charge in [0.05, 0.1) is 0 Å². The first-order valence-electron chi connectivity index (χ1n) is 7.95. The van der Waals surface area contributed by atoms with Crippen LogP contribution in [0, 0.1) is 11.7 Å². The molecule has 0 radical (unpaired) electrons. The molecule has 3 unspecified atom stereocenters. The molecule has 6 nitrogen and oxygen atoms in total. The second-order valence-corrected chi connectivity index (χ2v) is 6.08. The maximum absolute atomic E-state index is 13.1. The SMILES string of the molecule is CCC1NNC2CCN(C(=O)C(=O)Nc3cccc(F)c3)CC12. The fourth-order valence-corrected chi connectivity index (χ4v) is 3.37. The van der Waals surface area contributed by atoms with Crippen molar-refractivity contribution in [2.45, 2.75) is 31.8 Å². The summed E-state index contributed by atoms with van der Waals surface area (Å²) in [6, 6.07) is 6.17. The lowest BCUT2D eigenvalue weighted by Crippen LogP contribution is -2.51. The highest BCUT2D eigenvalue weighted by atomic mass is 19.1. The van der Waals surface area contributed by atoms with Gasteiger partial charge in [-0.25, -0.2) is 4.39 Å².